The predicted molar refractivity (Wildman–Crippen MR) is 135 cm³/mol. The molecule has 0 radical (unpaired) electrons. The van der Waals surface area contributed by atoms with Crippen LogP contribution in [0.15, 0.2) is 52.7 Å². The van der Waals surface area contributed by atoms with Crippen LogP contribution in [0.25, 0.3) is 0 Å². The number of anilines is 1. The quantitative estimate of drug-likeness (QED) is 0.310. The SMILES string of the molecule is CC.CCOC=O.COc1cccc([C@H]2OCC3=NCC(C)=C(C(F)(F)F)N3c3ccc(F)cc32)c1Cl. The molecule has 0 saturated carbocycles. The van der Waals surface area contributed by atoms with Gasteiger partial charge in [-0.3, -0.25) is 14.7 Å². The Bertz CT molecular complexity index is 1150. The van der Waals surface area contributed by atoms with Crippen LogP contribution in [0, 0.1) is 5.82 Å². The number of carbonyl (C=O) groups excluding carboxylic acids is 1. The average Bonchev–Trinajstić information content (AvgIpc) is 3.02. The monoisotopic (exact) mass is 544 g/mol. The number of carbonyl (C=O) groups is 1. The average molecular weight is 545 g/mol. The molecule has 0 N–H and O–H groups in total. The van der Waals surface area contributed by atoms with Gasteiger partial charge in [0.1, 0.15) is 35.8 Å². The smallest absolute Gasteiger partial charge is 0.431 e. The van der Waals surface area contributed by atoms with Crippen molar-refractivity contribution in [3.63, 3.8) is 0 Å². The lowest BCUT2D eigenvalue weighted by Gasteiger charge is -2.33. The van der Waals surface area contributed by atoms with E-state index in [4.69, 9.17) is 21.1 Å². The Hall–Kier alpha value is -3.11. The molecule has 0 bridgehead atoms. The highest BCUT2D eigenvalue weighted by atomic mass is 35.5. The lowest BCUT2D eigenvalue weighted by molar-refractivity contribution is -0.128. The van der Waals surface area contributed by atoms with Gasteiger partial charge in [0.15, 0.2) is 0 Å². The highest BCUT2D eigenvalue weighted by molar-refractivity contribution is 6.33. The van der Waals surface area contributed by atoms with Gasteiger partial charge in [0.05, 0.1) is 31.0 Å². The highest BCUT2D eigenvalue weighted by Crippen LogP contribution is 2.45. The van der Waals surface area contributed by atoms with E-state index >= 15 is 0 Å². The maximum Gasteiger partial charge on any atom is 0.431 e. The van der Waals surface area contributed by atoms with Crippen molar-refractivity contribution < 1.29 is 36.6 Å². The lowest BCUT2D eigenvalue weighted by Crippen LogP contribution is -2.42. The Morgan fingerprint density at radius 1 is 1.22 bits per heavy atom. The molecule has 0 spiro atoms. The summed E-state index contributed by atoms with van der Waals surface area (Å²) >= 11 is 6.45. The van der Waals surface area contributed by atoms with E-state index in [1.165, 1.54) is 20.1 Å². The predicted octanol–water partition coefficient (Wildman–Crippen LogP) is 6.87. The van der Waals surface area contributed by atoms with Crippen LogP contribution in [0.3, 0.4) is 0 Å². The van der Waals surface area contributed by atoms with Crippen LogP contribution in [-0.2, 0) is 14.3 Å². The summed E-state index contributed by atoms with van der Waals surface area (Å²) in [4.78, 5) is 14.5. The summed E-state index contributed by atoms with van der Waals surface area (Å²) in [5.74, 6) is -0.128. The second kappa shape index (κ2) is 13.4. The Kier molecular flexibility index (Phi) is 10.9. The van der Waals surface area contributed by atoms with E-state index in [9.17, 15) is 22.4 Å². The molecule has 2 heterocycles. The van der Waals surface area contributed by atoms with Crippen molar-refractivity contribution in [2.24, 2.45) is 4.99 Å². The van der Waals surface area contributed by atoms with Gasteiger partial charge in [0.2, 0.25) is 0 Å². The summed E-state index contributed by atoms with van der Waals surface area (Å²) in [6.45, 7) is 7.75. The number of hydrogen-bond donors (Lipinski definition) is 0. The molecule has 2 aromatic carbocycles. The van der Waals surface area contributed by atoms with E-state index in [0.717, 1.165) is 17.0 Å². The molecule has 2 aromatic rings. The van der Waals surface area contributed by atoms with Gasteiger partial charge in [-0.1, -0.05) is 37.6 Å². The van der Waals surface area contributed by atoms with E-state index in [-0.39, 0.29) is 40.8 Å². The fraction of sp³-hybridized carbons (Fsp3) is 0.385. The molecular weight excluding hydrogens is 516 g/mol. The molecule has 0 fully saturated rings. The van der Waals surface area contributed by atoms with Crippen molar-refractivity contribution in [2.45, 2.75) is 40.0 Å². The zero-order chi connectivity index (χ0) is 27.8. The number of hydrogen-bond acceptors (Lipinski definition) is 6. The summed E-state index contributed by atoms with van der Waals surface area (Å²) in [5.41, 5.74) is 0.0491. The third-order valence-electron chi connectivity index (χ3n) is 5.28. The first-order valence-electron chi connectivity index (χ1n) is 11.5. The van der Waals surface area contributed by atoms with Crippen LogP contribution < -0.4 is 9.64 Å². The summed E-state index contributed by atoms with van der Waals surface area (Å²) in [7, 11) is 1.45. The number of fused-ring (bicyclic) bond motifs is 3. The van der Waals surface area contributed by atoms with Crippen molar-refractivity contribution in [1.29, 1.82) is 0 Å². The van der Waals surface area contributed by atoms with Crippen molar-refractivity contribution in [3.8, 4) is 5.75 Å². The van der Waals surface area contributed by atoms with E-state index in [1.807, 2.05) is 13.8 Å². The van der Waals surface area contributed by atoms with E-state index in [1.54, 1.807) is 25.1 Å². The summed E-state index contributed by atoms with van der Waals surface area (Å²) in [6.07, 6.45) is -5.54. The molecule has 0 aromatic heterocycles. The van der Waals surface area contributed by atoms with Crippen molar-refractivity contribution >= 4 is 29.6 Å². The van der Waals surface area contributed by atoms with Gasteiger partial charge in [-0.25, -0.2) is 4.39 Å². The molecule has 0 amide bonds. The number of benzene rings is 2. The molecular formula is C26H29ClF4N2O4. The Labute approximate surface area is 218 Å². The minimum atomic E-state index is -4.62. The molecule has 1 atom stereocenters. The molecule has 37 heavy (non-hydrogen) atoms. The number of halogens is 5. The van der Waals surface area contributed by atoms with E-state index in [0.29, 0.717) is 24.4 Å². The number of ether oxygens (including phenoxy) is 3. The first-order valence-corrected chi connectivity index (χ1v) is 11.9. The van der Waals surface area contributed by atoms with Gasteiger partial charge < -0.3 is 14.2 Å². The largest absolute Gasteiger partial charge is 0.495 e. The van der Waals surface area contributed by atoms with Gasteiger partial charge in [0.25, 0.3) is 6.47 Å². The topological polar surface area (TPSA) is 60.4 Å². The van der Waals surface area contributed by atoms with Gasteiger partial charge in [-0.15, -0.1) is 0 Å². The minimum Gasteiger partial charge on any atom is -0.495 e. The fourth-order valence-corrected chi connectivity index (χ4v) is 4.12. The summed E-state index contributed by atoms with van der Waals surface area (Å²) in [6, 6.07) is 8.59. The van der Waals surface area contributed by atoms with Crippen LogP contribution in [0.4, 0.5) is 23.2 Å². The standard InChI is InChI=1S/C21H17ClF4N2O2.C3H6O2.C2H6/c1-11-9-27-17-10-30-19(13-4-3-5-16(29-2)18(13)22)14-8-12(23)6-7-15(14)28(17)20(11)21(24,25)26;1-2-5-3-4;1-2/h3-8,19H,9-10H2,1-2H3;3H,2H2,1H3;1-2H3/t19-;;/m1../s1. The molecule has 2 aliphatic rings. The summed E-state index contributed by atoms with van der Waals surface area (Å²) < 4.78 is 71.4. The Morgan fingerprint density at radius 2 is 1.92 bits per heavy atom. The van der Waals surface area contributed by atoms with Gasteiger partial charge in [-0.05, 0) is 43.7 Å². The van der Waals surface area contributed by atoms with Gasteiger partial charge >= 0.3 is 6.18 Å². The maximum absolute atomic E-state index is 14.2. The second-order valence-electron chi connectivity index (χ2n) is 7.50. The van der Waals surface area contributed by atoms with Crippen LogP contribution in [0.2, 0.25) is 5.02 Å². The normalized spacial score (nSPS) is 16.5. The molecule has 0 aliphatic carbocycles. The first-order chi connectivity index (χ1) is 17.6. The molecule has 0 saturated heterocycles. The molecule has 4 rings (SSSR count). The fourth-order valence-electron chi connectivity index (χ4n) is 3.81. The zero-order valence-corrected chi connectivity index (χ0v) is 21.9. The third-order valence-corrected chi connectivity index (χ3v) is 5.68. The van der Waals surface area contributed by atoms with Crippen LogP contribution in [0.5, 0.6) is 5.75 Å². The number of nitrogens with zero attached hydrogens (tertiary/aromatic N) is 2. The highest BCUT2D eigenvalue weighted by Gasteiger charge is 2.45. The molecule has 11 heteroatoms. The molecule has 0 unspecified atom stereocenters. The number of rotatable bonds is 4. The van der Waals surface area contributed by atoms with Crippen molar-refractivity contribution in [3.05, 3.63) is 69.6 Å². The van der Waals surface area contributed by atoms with Gasteiger partial charge in [0, 0.05) is 11.1 Å². The number of allylic oxidation sites excluding steroid dienone is 1. The lowest BCUT2D eigenvalue weighted by atomic mass is 9.98. The van der Waals surface area contributed by atoms with Crippen LogP contribution >= 0.6 is 11.6 Å². The van der Waals surface area contributed by atoms with Crippen molar-refractivity contribution in [1.82, 2.24) is 0 Å². The molecule has 6 nitrogen and oxygen atoms in total. The van der Waals surface area contributed by atoms with E-state index in [2.05, 4.69) is 9.73 Å². The van der Waals surface area contributed by atoms with Crippen LogP contribution in [-0.4, -0.2) is 45.4 Å². The number of methoxy groups -OCH3 is 1. The third kappa shape index (κ3) is 6.81. The summed E-state index contributed by atoms with van der Waals surface area (Å²) in [5, 5.41) is 0.241. The first kappa shape index (κ1) is 30.1. The second-order valence-corrected chi connectivity index (χ2v) is 7.88. The molecule has 2 aliphatic heterocycles. The maximum atomic E-state index is 14.2. The zero-order valence-electron chi connectivity index (χ0n) is 21.2. The molecule has 202 valence electrons. The number of alkyl halides is 3. The van der Waals surface area contributed by atoms with Crippen molar-refractivity contribution in [2.75, 3.05) is 31.8 Å². The van der Waals surface area contributed by atoms with Gasteiger partial charge in [-0.2, -0.15) is 13.2 Å². The van der Waals surface area contributed by atoms with Crippen LogP contribution in [0.1, 0.15) is 44.9 Å². The Balaban J connectivity index is 0.000000617. The Morgan fingerprint density at radius 3 is 2.49 bits per heavy atom. The van der Waals surface area contributed by atoms with E-state index < -0.39 is 23.8 Å². The minimum absolute atomic E-state index is 0.0689. The number of aliphatic imine (C=N–C) groups is 1. The number of amidine groups is 1.